The molecule has 132 valence electrons. The monoisotopic (exact) mass is 350 g/mol. The fourth-order valence-electron chi connectivity index (χ4n) is 2.40. The molecule has 5 nitrogen and oxygen atoms in total. The van der Waals surface area contributed by atoms with Gasteiger partial charge in [0, 0.05) is 23.4 Å². The first-order chi connectivity index (χ1) is 12.5. The molecule has 3 rings (SSSR count). The largest absolute Gasteiger partial charge is 0.337 e. The maximum atomic E-state index is 13.2. The van der Waals surface area contributed by atoms with Gasteiger partial charge in [-0.1, -0.05) is 36.9 Å². The lowest BCUT2D eigenvalue weighted by Gasteiger charge is -2.11. The number of benzene rings is 1. The van der Waals surface area contributed by atoms with Crippen molar-refractivity contribution < 1.29 is 8.91 Å². The van der Waals surface area contributed by atoms with Crippen molar-refractivity contribution in [2.45, 2.75) is 32.9 Å². The van der Waals surface area contributed by atoms with Gasteiger partial charge in [-0.25, -0.2) is 4.39 Å². The molecule has 1 atom stereocenters. The molecule has 0 fully saturated rings. The van der Waals surface area contributed by atoms with Crippen molar-refractivity contribution >= 4 is 0 Å². The minimum absolute atomic E-state index is 0.0346. The molecule has 0 saturated heterocycles. The molecule has 26 heavy (non-hydrogen) atoms. The van der Waals surface area contributed by atoms with Crippen molar-refractivity contribution in [3.63, 3.8) is 0 Å². The molecule has 0 spiro atoms. The lowest BCUT2D eigenvalue weighted by molar-refractivity contribution is 0.330. The summed E-state index contributed by atoms with van der Waals surface area (Å²) >= 11 is 0. The van der Waals surface area contributed by atoms with E-state index in [2.05, 4.69) is 46.1 Å². The zero-order chi connectivity index (χ0) is 18.5. The van der Waals surface area contributed by atoms with E-state index >= 15 is 0 Å². The van der Waals surface area contributed by atoms with Crippen LogP contribution in [0.3, 0.4) is 0 Å². The summed E-state index contributed by atoms with van der Waals surface area (Å²) in [6, 6.07) is 10.0. The van der Waals surface area contributed by atoms with E-state index in [1.165, 1.54) is 12.1 Å². The Morgan fingerprint density at radius 2 is 1.88 bits per heavy atom. The fourth-order valence-corrected chi connectivity index (χ4v) is 2.40. The molecule has 6 heteroatoms. The minimum Gasteiger partial charge on any atom is -0.337 e. The van der Waals surface area contributed by atoms with E-state index in [1.54, 1.807) is 24.4 Å². The average Bonchev–Trinajstić information content (AvgIpc) is 3.10. The summed E-state index contributed by atoms with van der Waals surface area (Å²) in [7, 11) is 0. The summed E-state index contributed by atoms with van der Waals surface area (Å²) < 4.78 is 18.5. The molecule has 1 aromatic carbocycles. The molecular formula is C20H19FN4O. The van der Waals surface area contributed by atoms with Crippen LogP contribution in [0, 0.1) is 17.7 Å². The maximum absolute atomic E-state index is 13.2. The normalized spacial score (nSPS) is 11.9. The van der Waals surface area contributed by atoms with Gasteiger partial charge in [0.05, 0.1) is 6.04 Å². The van der Waals surface area contributed by atoms with Crippen molar-refractivity contribution in [2.24, 2.45) is 0 Å². The highest BCUT2D eigenvalue weighted by molar-refractivity contribution is 5.50. The molecule has 2 heterocycles. The predicted molar refractivity (Wildman–Crippen MR) is 96.6 cm³/mol. The third-order valence-corrected chi connectivity index (χ3v) is 3.56. The van der Waals surface area contributed by atoms with E-state index in [1.807, 2.05) is 13.0 Å². The molecule has 0 aliphatic rings. The number of halogens is 1. The number of hydrogen-bond acceptors (Lipinski definition) is 5. The third kappa shape index (κ3) is 4.52. The molecule has 0 amide bonds. The summed E-state index contributed by atoms with van der Waals surface area (Å²) in [5.74, 6) is 6.51. The number of pyridine rings is 1. The van der Waals surface area contributed by atoms with Gasteiger partial charge in [-0.2, -0.15) is 4.98 Å². The Morgan fingerprint density at radius 3 is 2.58 bits per heavy atom. The Morgan fingerprint density at radius 1 is 1.08 bits per heavy atom. The molecule has 0 bridgehead atoms. The summed E-state index contributed by atoms with van der Waals surface area (Å²) in [6.07, 6.45) is 1.63. The second-order valence-corrected chi connectivity index (χ2v) is 6.19. The van der Waals surface area contributed by atoms with Crippen LogP contribution in [0.2, 0.25) is 0 Å². The van der Waals surface area contributed by atoms with E-state index in [0.29, 0.717) is 29.0 Å². The molecule has 1 unspecified atom stereocenters. The quantitative estimate of drug-likeness (QED) is 0.727. The van der Waals surface area contributed by atoms with Gasteiger partial charge in [-0.15, -0.1) is 0 Å². The van der Waals surface area contributed by atoms with Gasteiger partial charge >= 0.3 is 0 Å². The van der Waals surface area contributed by atoms with Gasteiger partial charge in [0.15, 0.2) is 0 Å². The second kappa shape index (κ2) is 7.89. The SMILES string of the molecule is CC(C)NC(C)c1nc(-c2ccc(C#Cc3cccc(F)c3)cn2)no1. The van der Waals surface area contributed by atoms with Gasteiger partial charge in [0.1, 0.15) is 11.5 Å². The zero-order valence-electron chi connectivity index (χ0n) is 14.8. The predicted octanol–water partition coefficient (Wildman–Crippen LogP) is 3.73. The van der Waals surface area contributed by atoms with Crippen LogP contribution in [0.4, 0.5) is 4.39 Å². The Hall–Kier alpha value is -3.04. The highest BCUT2D eigenvalue weighted by Gasteiger charge is 2.16. The molecule has 2 aromatic heterocycles. The summed E-state index contributed by atoms with van der Waals surface area (Å²) in [5, 5.41) is 7.29. The van der Waals surface area contributed by atoms with E-state index in [-0.39, 0.29) is 11.9 Å². The van der Waals surface area contributed by atoms with Gasteiger partial charge in [0.25, 0.3) is 0 Å². The summed E-state index contributed by atoms with van der Waals surface area (Å²) in [4.78, 5) is 8.72. The van der Waals surface area contributed by atoms with Gasteiger partial charge < -0.3 is 9.84 Å². The Labute approximate surface area is 151 Å². The molecule has 0 saturated carbocycles. The van der Waals surface area contributed by atoms with Crippen LogP contribution in [0.25, 0.3) is 11.5 Å². The molecule has 0 aliphatic carbocycles. The highest BCUT2D eigenvalue weighted by Crippen LogP contribution is 2.17. The number of hydrogen-bond donors (Lipinski definition) is 1. The average molecular weight is 350 g/mol. The van der Waals surface area contributed by atoms with Crippen LogP contribution < -0.4 is 5.32 Å². The minimum atomic E-state index is -0.306. The molecule has 3 aromatic rings. The highest BCUT2D eigenvalue weighted by atomic mass is 19.1. The molecule has 0 radical (unpaired) electrons. The molecule has 1 N–H and O–H groups in total. The lowest BCUT2D eigenvalue weighted by Crippen LogP contribution is -2.26. The number of nitrogens with zero attached hydrogens (tertiary/aromatic N) is 3. The Balaban J connectivity index is 1.73. The van der Waals surface area contributed by atoms with E-state index in [9.17, 15) is 4.39 Å². The van der Waals surface area contributed by atoms with E-state index < -0.39 is 0 Å². The van der Waals surface area contributed by atoms with Crippen LogP contribution in [0.15, 0.2) is 47.1 Å². The zero-order valence-corrected chi connectivity index (χ0v) is 14.8. The Bertz CT molecular complexity index is 938. The second-order valence-electron chi connectivity index (χ2n) is 6.19. The first kappa shape index (κ1) is 17.8. The first-order valence-corrected chi connectivity index (χ1v) is 8.35. The van der Waals surface area contributed by atoms with Crippen molar-refractivity contribution in [3.8, 4) is 23.4 Å². The van der Waals surface area contributed by atoms with Gasteiger partial charge in [-0.05, 0) is 37.3 Å². The smallest absolute Gasteiger partial charge is 0.243 e. The molecular weight excluding hydrogens is 331 g/mol. The van der Waals surface area contributed by atoms with E-state index in [4.69, 9.17) is 4.52 Å². The van der Waals surface area contributed by atoms with Crippen LogP contribution in [-0.2, 0) is 0 Å². The first-order valence-electron chi connectivity index (χ1n) is 8.35. The van der Waals surface area contributed by atoms with Crippen LogP contribution in [0.1, 0.15) is 43.8 Å². The molecule has 0 aliphatic heterocycles. The van der Waals surface area contributed by atoms with Crippen molar-refractivity contribution in [2.75, 3.05) is 0 Å². The number of rotatable bonds is 4. The number of nitrogens with one attached hydrogen (secondary N) is 1. The van der Waals surface area contributed by atoms with Crippen molar-refractivity contribution in [3.05, 3.63) is 65.4 Å². The Kier molecular flexibility index (Phi) is 5.40. The topological polar surface area (TPSA) is 63.8 Å². The van der Waals surface area contributed by atoms with Gasteiger partial charge in [0.2, 0.25) is 11.7 Å². The van der Waals surface area contributed by atoms with E-state index in [0.717, 1.165) is 5.56 Å². The summed E-state index contributed by atoms with van der Waals surface area (Å²) in [6.45, 7) is 6.08. The van der Waals surface area contributed by atoms with Crippen LogP contribution in [0.5, 0.6) is 0 Å². The van der Waals surface area contributed by atoms with Crippen molar-refractivity contribution in [1.29, 1.82) is 0 Å². The third-order valence-electron chi connectivity index (χ3n) is 3.56. The maximum Gasteiger partial charge on any atom is 0.243 e. The van der Waals surface area contributed by atoms with Crippen LogP contribution in [-0.4, -0.2) is 21.2 Å². The van der Waals surface area contributed by atoms with Crippen LogP contribution >= 0.6 is 0 Å². The standard InChI is InChI=1S/C20H19FN4O/c1-13(2)23-14(3)20-24-19(25-26-20)18-10-9-16(12-22-18)8-7-15-5-4-6-17(21)11-15/h4-6,9-14,23H,1-3H3. The summed E-state index contributed by atoms with van der Waals surface area (Å²) in [5.41, 5.74) is 1.94. The van der Waals surface area contributed by atoms with Gasteiger partial charge in [-0.3, -0.25) is 4.98 Å². The van der Waals surface area contributed by atoms with Crippen molar-refractivity contribution in [1.82, 2.24) is 20.4 Å². The lowest BCUT2D eigenvalue weighted by atomic mass is 10.2. The number of aromatic nitrogens is 3. The fraction of sp³-hybridized carbons (Fsp3) is 0.250.